The molecule has 0 saturated heterocycles. The summed E-state index contributed by atoms with van der Waals surface area (Å²) in [6.07, 6.45) is 3.23. The molecule has 0 aliphatic heterocycles. The van der Waals surface area contributed by atoms with Crippen LogP contribution < -0.4 is 0 Å². The fourth-order valence-electron chi connectivity index (χ4n) is 1.04. The van der Waals surface area contributed by atoms with Gasteiger partial charge in [0.2, 0.25) is 0 Å². The lowest BCUT2D eigenvalue weighted by Crippen LogP contribution is -1.98. The summed E-state index contributed by atoms with van der Waals surface area (Å²) in [5.41, 5.74) is 0. The number of carbonyl (C=O) groups excluding carboxylic acids is 1. The van der Waals surface area contributed by atoms with E-state index in [1.165, 1.54) is 6.08 Å². The van der Waals surface area contributed by atoms with Crippen molar-refractivity contribution < 1.29 is 9.53 Å². The summed E-state index contributed by atoms with van der Waals surface area (Å²) in [6.45, 7) is 2.19. The molecule has 0 aromatic heterocycles. The number of halogens is 1. The number of hydrogen-bond donors (Lipinski definition) is 0. The van der Waals surface area contributed by atoms with Gasteiger partial charge in [0.15, 0.2) is 0 Å². The van der Waals surface area contributed by atoms with Crippen LogP contribution in [0.2, 0.25) is 5.02 Å². The van der Waals surface area contributed by atoms with E-state index in [4.69, 9.17) is 16.3 Å². The molecule has 0 aliphatic rings. The van der Waals surface area contributed by atoms with Crippen molar-refractivity contribution in [2.24, 2.45) is 0 Å². The van der Waals surface area contributed by atoms with Gasteiger partial charge in [-0.1, -0.05) is 23.7 Å². The van der Waals surface area contributed by atoms with Gasteiger partial charge in [0.05, 0.1) is 6.61 Å². The monoisotopic (exact) mass is 256 g/mol. The second-order valence-electron chi connectivity index (χ2n) is 2.92. The SMILES string of the molecule is CCOC(=O)/C=C/CSc1cccc(Cl)c1. The van der Waals surface area contributed by atoms with Crippen LogP contribution in [0, 0.1) is 0 Å². The molecule has 0 bridgehead atoms. The van der Waals surface area contributed by atoms with Crippen molar-refractivity contribution in [2.45, 2.75) is 11.8 Å². The van der Waals surface area contributed by atoms with E-state index in [1.54, 1.807) is 24.8 Å². The lowest BCUT2D eigenvalue weighted by atomic mass is 10.4. The van der Waals surface area contributed by atoms with Crippen molar-refractivity contribution in [1.29, 1.82) is 0 Å². The molecule has 16 heavy (non-hydrogen) atoms. The summed E-state index contributed by atoms with van der Waals surface area (Å²) in [5.74, 6) is 0.424. The first-order valence-electron chi connectivity index (χ1n) is 4.94. The number of thioether (sulfide) groups is 1. The van der Waals surface area contributed by atoms with Crippen molar-refractivity contribution in [3.8, 4) is 0 Å². The Labute approximate surface area is 105 Å². The summed E-state index contributed by atoms with van der Waals surface area (Å²) in [4.78, 5) is 12.1. The Hall–Kier alpha value is -0.930. The fraction of sp³-hybridized carbons (Fsp3) is 0.250. The molecule has 0 spiro atoms. The molecule has 0 aliphatic carbocycles. The molecule has 0 saturated carbocycles. The number of benzene rings is 1. The third kappa shape index (κ3) is 5.24. The van der Waals surface area contributed by atoms with Gasteiger partial charge in [-0.3, -0.25) is 0 Å². The van der Waals surface area contributed by atoms with Gasteiger partial charge in [-0.05, 0) is 25.1 Å². The van der Waals surface area contributed by atoms with E-state index in [1.807, 2.05) is 24.3 Å². The Morgan fingerprint density at radius 2 is 2.38 bits per heavy atom. The number of esters is 1. The number of carbonyl (C=O) groups is 1. The quantitative estimate of drug-likeness (QED) is 0.458. The molecule has 2 nitrogen and oxygen atoms in total. The normalized spacial score (nSPS) is 10.6. The van der Waals surface area contributed by atoms with Gasteiger partial charge in [-0.15, -0.1) is 11.8 Å². The summed E-state index contributed by atoms with van der Waals surface area (Å²) in [7, 11) is 0. The van der Waals surface area contributed by atoms with Gasteiger partial charge in [-0.2, -0.15) is 0 Å². The van der Waals surface area contributed by atoms with Gasteiger partial charge in [0.25, 0.3) is 0 Å². The van der Waals surface area contributed by atoms with Crippen LogP contribution in [0.4, 0.5) is 0 Å². The zero-order valence-electron chi connectivity index (χ0n) is 8.98. The van der Waals surface area contributed by atoms with Crippen molar-refractivity contribution >= 4 is 29.3 Å². The minimum Gasteiger partial charge on any atom is -0.463 e. The van der Waals surface area contributed by atoms with Gasteiger partial charge in [0.1, 0.15) is 0 Å². The minimum atomic E-state index is -0.297. The largest absolute Gasteiger partial charge is 0.463 e. The molecule has 0 radical (unpaired) electrons. The van der Waals surface area contributed by atoms with Gasteiger partial charge >= 0.3 is 5.97 Å². The Morgan fingerprint density at radius 3 is 3.06 bits per heavy atom. The first kappa shape index (κ1) is 13.1. The summed E-state index contributed by atoms with van der Waals surface area (Å²) >= 11 is 7.46. The lowest BCUT2D eigenvalue weighted by Gasteiger charge is -1.98. The Morgan fingerprint density at radius 1 is 1.56 bits per heavy atom. The maximum atomic E-state index is 11.0. The van der Waals surface area contributed by atoms with Crippen LogP contribution >= 0.6 is 23.4 Å². The predicted octanol–water partition coefficient (Wildman–Crippen LogP) is 3.55. The van der Waals surface area contributed by atoms with Gasteiger partial charge < -0.3 is 4.74 Å². The third-order valence-electron chi connectivity index (χ3n) is 1.68. The third-order valence-corrected chi connectivity index (χ3v) is 2.86. The highest BCUT2D eigenvalue weighted by Gasteiger charge is 1.95. The smallest absolute Gasteiger partial charge is 0.330 e. The minimum absolute atomic E-state index is 0.297. The molecule has 0 unspecified atom stereocenters. The zero-order chi connectivity index (χ0) is 11.8. The van der Waals surface area contributed by atoms with Crippen LogP contribution in [0.25, 0.3) is 0 Å². The second-order valence-corrected chi connectivity index (χ2v) is 4.45. The molecular formula is C12H13ClO2S. The molecule has 1 rings (SSSR count). The predicted molar refractivity (Wildman–Crippen MR) is 67.9 cm³/mol. The first-order valence-corrected chi connectivity index (χ1v) is 6.30. The Balaban J connectivity index is 2.33. The second kappa shape index (κ2) is 7.36. The number of rotatable bonds is 5. The molecular weight excluding hydrogens is 244 g/mol. The van der Waals surface area contributed by atoms with E-state index in [9.17, 15) is 4.79 Å². The average Bonchev–Trinajstić information content (AvgIpc) is 2.25. The standard InChI is InChI=1S/C12H13ClO2S/c1-2-15-12(14)7-4-8-16-11-6-3-5-10(13)9-11/h3-7,9H,2,8H2,1H3/b7-4+. The van der Waals surface area contributed by atoms with E-state index in [0.717, 1.165) is 15.7 Å². The summed E-state index contributed by atoms with van der Waals surface area (Å²) in [5, 5.41) is 0.722. The van der Waals surface area contributed by atoms with E-state index < -0.39 is 0 Å². The topological polar surface area (TPSA) is 26.3 Å². The molecule has 0 amide bonds. The molecule has 0 atom stereocenters. The van der Waals surface area contributed by atoms with Crippen molar-refractivity contribution in [3.05, 3.63) is 41.4 Å². The van der Waals surface area contributed by atoms with Gasteiger partial charge in [-0.25, -0.2) is 4.79 Å². The highest BCUT2D eigenvalue weighted by molar-refractivity contribution is 7.99. The maximum Gasteiger partial charge on any atom is 0.330 e. The lowest BCUT2D eigenvalue weighted by molar-refractivity contribution is -0.137. The van der Waals surface area contributed by atoms with Crippen LogP contribution in [0.1, 0.15) is 6.92 Å². The van der Waals surface area contributed by atoms with Crippen LogP contribution in [0.15, 0.2) is 41.3 Å². The van der Waals surface area contributed by atoms with E-state index in [-0.39, 0.29) is 5.97 Å². The van der Waals surface area contributed by atoms with Crippen LogP contribution in [0.3, 0.4) is 0 Å². The van der Waals surface area contributed by atoms with Gasteiger partial charge in [0, 0.05) is 21.7 Å². The van der Waals surface area contributed by atoms with Crippen LogP contribution in [-0.4, -0.2) is 18.3 Å². The molecule has 4 heteroatoms. The average molecular weight is 257 g/mol. The molecule has 86 valence electrons. The maximum absolute atomic E-state index is 11.0. The van der Waals surface area contributed by atoms with E-state index in [2.05, 4.69) is 0 Å². The fourth-order valence-corrected chi connectivity index (χ4v) is 2.06. The molecule has 0 heterocycles. The molecule has 0 fully saturated rings. The number of ether oxygens (including phenoxy) is 1. The van der Waals surface area contributed by atoms with E-state index in [0.29, 0.717) is 6.61 Å². The van der Waals surface area contributed by atoms with Crippen molar-refractivity contribution in [3.63, 3.8) is 0 Å². The van der Waals surface area contributed by atoms with Crippen molar-refractivity contribution in [1.82, 2.24) is 0 Å². The number of hydrogen-bond acceptors (Lipinski definition) is 3. The summed E-state index contributed by atoms with van der Waals surface area (Å²) in [6, 6.07) is 7.61. The van der Waals surface area contributed by atoms with E-state index >= 15 is 0 Å². The summed E-state index contributed by atoms with van der Waals surface area (Å²) < 4.78 is 4.76. The highest BCUT2D eigenvalue weighted by Crippen LogP contribution is 2.21. The Kier molecular flexibility index (Phi) is 6.04. The molecule has 0 N–H and O–H groups in total. The van der Waals surface area contributed by atoms with Crippen LogP contribution in [0.5, 0.6) is 0 Å². The highest BCUT2D eigenvalue weighted by atomic mass is 35.5. The van der Waals surface area contributed by atoms with Crippen LogP contribution in [-0.2, 0) is 9.53 Å². The Bertz CT molecular complexity index is 377. The molecule has 1 aromatic rings. The first-order chi connectivity index (χ1) is 7.72. The zero-order valence-corrected chi connectivity index (χ0v) is 10.6. The molecule has 1 aromatic carbocycles. The van der Waals surface area contributed by atoms with Crippen molar-refractivity contribution in [2.75, 3.05) is 12.4 Å².